The summed E-state index contributed by atoms with van der Waals surface area (Å²) in [6, 6.07) is 10.6. The molecule has 9 atom stereocenters. The van der Waals surface area contributed by atoms with Crippen LogP contribution < -0.4 is 25.6 Å². The topological polar surface area (TPSA) is 173 Å². The number of likely N-dealkylation sites (N-methyl/N-ethyl adjacent to an activating group) is 1. The monoisotopic (exact) mass is 861 g/mol. The second kappa shape index (κ2) is 17.7. The number of carbonyl (C=O) groups is 4. The van der Waals surface area contributed by atoms with E-state index < -0.39 is 35.0 Å². The lowest BCUT2D eigenvalue weighted by Crippen LogP contribution is -2.62. The Balaban J connectivity index is 1.33. The van der Waals surface area contributed by atoms with Gasteiger partial charge in [-0.05, 0) is 99.0 Å². The van der Waals surface area contributed by atoms with Gasteiger partial charge in [0.15, 0.2) is 0 Å². The lowest BCUT2D eigenvalue weighted by Gasteiger charge is -2.62. The van der Waals surface area contributed by atoms with Crippen LogP contribution in [0.15, 0.2) is 36.4 Å². The highest BCUT2D eigenvalue weighted by atomic mass is 16.7. The molecule has 5 fully saturated rings. The largest absolute Gasteiger partial charge is 0.496 e. The number of rotatable bonds is 17. The quantitative estimate of drug-likeness (QED) is 0.140. The van der Waals surface area contributed by atoms with Crippen molar-refractivity contribution < 1.29 is 39.0 Å². The summed E-state index contributed by atoms with van der Waals surface area (Å²) in [4.78, 5) is 63.6. The summed E-state index contributed by atoms with van der Waals surface area (Å²) < 4.78 is 6.18. The molecule has 0 aromatic heterocycles. The number of benzene rings is 2. The Morgan fingerprint density at radius 3 is 2.29 bits per heavy atom. The van der Waals surface area contributed by atoms with Crippen LogP contribution in [0.4, 0.5) is 5.69 Å². The van der Waals surface area contributed by atoms with Crippen LogP contribution in [0.1, 0.15) is 103 Å². The smallest absolute Gasteiger partial charge is 0.303 e. The Morgan fingerprint density at radius 1 is 1.03 bits per heavy atom. The van der Waals surface area contributed by atoms with E-state index in [0.29, 0.717) is 29.7 Å². The van der Waals surface area contributed by atoms with Crippen LogP contribution in [0.5, 0.6) is 5.75 Å². The van der Waals surface area contributed by atoms with Crippen LogP contribution in [0.25, 0.3) is 11.1 Å². The number of methoxy groups -OCH3 is 1. The molecule has 4 aliphatic carbocycles. The summed E-state index contributed by atoms with van der Waals surface area (Å²) in [5, 5.41) is 32.1. The number of nitrogens with zero attached hydrogens (tertiary/aromatic N) is 3. The van der Waals surface area contributed by atoms with Gasteiger partial charge in [-0.1, -0.05) is 59.7 Å². The Hall–Kier alpha value is -4.24. The molecule has 1 aliphatic heterocycles. The molecule has 342 valence electrons. The van der Waals surface area contributed by atoms with Gasteiger partial charge in [0.2, 0.25) is 11.8 Å². The van der Waals surface area contributed by atoms with Crippen LogP contribution in [0.3, 0.4) is 0 Å². The van der Waals surface area contributed by atoms with Crippen molar-refractivity contribution in [1.82, 2.24) is 25.9 Å². The van der Waals surface area contributed by atoms with E-state index in [2.05, 4.69) is 62.4 Å². The molecule has 62 heavy (non-hydrogen) atoms. The van der Waals surface area contributed by atoms with Crippen molar-refractivity contribution in [3.63, 3.8) is 0 Å². The minimum absolute atomic E-state index is 0.00774. The maximum atomic E-state index is 14.8. The predicted molar refractivity (Wildman–Crippen MR) is 239 cm³/mol. The number of carboxylic acids is 1. The van der Waals surface area contributed by atoms with Gasteiger partial charge in [-0.2, -0.15) is 5.06 Å². The molecule has 2 aromatic carbocycles. The Kier molecular flexibility index (Phi) is 13.5. The SMILES string of the molecule is COc1c(CN2O[C@@H](CNC(=O)CCC(=O)O)[C@]3(CC3(C)O)[C@H]2C(=O)N[C@H]2C[C@H]3C[C@@H]([C@@H]2C)C3(C)C)cccc1-c1cc(C(=O)N[C@H](CN(C)C)CC(C)(C)C)cc(N(C)C)c1. The molecule has 7 rings (SSSR count). The van der Waals surface area contributed by atoms with E-state index in [1.165, 1.54) is 0 Å². The number of ether oxygens (including phenoxy) is 1. The zero-order valence-electron chi connectivity index (χ0n) is 39.1. The molecule has 1 saturated heterocycles. The van der Waals surface area contributed by atoms with E-state index in [1.807, 2.05) is 69.5 Å². The first-order chi connectivity index (χ1) is 28.9. The maximum Gasteiger partial charge on any atom is 0.303 e. The third-order valence-electron chi connectivity index (χ3n) is 14.5. The lowest BCUT2D eigenvalue weighted by atomic mass is 9.45. The minimum atomic E-state index is -1.28. The third-order valence-corrected chi connectivity index (χ3v) is 14.5. The first-order valence-electron chi connectivity index (χ1n) is 22.3. The van der Waals surface area contributed by atoms with E-state index in [9.17, 15) is 24.3 Å². The van der Waals surface area contributed by atoms with Gasteiger partial charge in [0.25, 0.3) is 5.91 Å². The zero-order valence-corrected chi connectivity index (χ0v) is 39.1. The van der Waals surface area contributed by atoms with Crippen molar-refractivity contribution in [3.05, 3.63) is 47.5 Å². The predicted octanol–water partition coefficient (Wildman–Crippen LogP) is 5.32. The average molecular weight is 861 g/mol. The average Bonchev–Trinajstić information content (AvgIpc) is 3.61. The Morgan fingerprint density at radius 2 is 1.73 bits per heavy atom. The van der Waals surface area contributed by atoms with Gasteiger partial charge in [0.05, 0.1) is 31.1 Å². The summed E-state index contributed by atoms with van der Waals surface area (Å²) >= 11 is 0. The van der Waals surface area contributed by atoms with Crippen molar-refractivity contribution >= 4 is 29.4 Å². The zero-order chi connectivity index (χ0) is 45.7. The molecule has 2 bridgehead atoms. The van der Waals surface area contributed by atoms with Gasteiger partial charge < -0.3 is 40.7 Å². The van der Waals surface area contributed by atoms with E-state index in [1.54, 1.807) is 19.1 Å². The van der Waals surface area contributed by atoms with Gasteiger partial charge in [-0.3, -0.25) is 24.0 Å². The van der Waals surface area contributed by atoms with E-state index in [0.717, 1.165) is 41.6 Å². The second-order valence-electron chi connectivity index (χ2n) is 21.2. The molecule has 5 N–H and O–H groups in total. The molecule has 14 heteroatoms. The number of aliphatic carboxylic acids is 1. The number of nitrogens with one attached hydrogen (secondary N) is 3. The molecule has 1 heterocycles. The van der Waals surface area contributed by atoms with Crippen LogP contribution in [-0.4, -0.2) is 122 Å². The van der Waals surface area contributed by atoms with Crippen LogP contribution in [0, 0.1) is 34.0 Å². The van der Waals surface area contributed by atoms with Crippen LogP contribution in [-0.2, 0) is 25.8 Å². The second-order valence-corrected chi connectivity index (χ2v) is 21.2. The highest BCUT2D eigenvalue weighted by Gasteiger charge is 2.78. The Labute approximate surface area is 368 Å². The van der Waals surface area contributed by atoms with E-state index in [-0.39, 0.29) is 73.0 Å². The number of hydroxylamine groups is 2. The molecular weight excluding hydrogens is 789 g/mol. The number of carbonyl (C=O) groups excluding carboxylic acids is 3. The van der Waals surface area contributed by atoms with Crippen molar-refractivity contribution in [2.45, 2.75) is 123 Å². The molecule has 1 unspecified atom stereocenters. The van der Waals surface area contributed by atoms with Gasteiger partial charge in [0.1, 0.15) is 17.9 Å². The van der Waals surface area contributed by atoms with Gasteiger partial charge in [-0.25, -0.2) is 0 Å². The summed E-state index contributed by atoms with van der Waals surface area (Å²) in [7, 11) is 9.47. The number of hydrogen-bond acceptors (Lipinski definition) is 10. The minimum Gasteiger partial charge on any atom is -0.496 e. The van der Waals surface area contributed by atoms with E-state index in [4.69, 9.17) is 14.7 Å². The highest BCUT2D eigenvalue weighted by molar-refractivity contribution is 5.97. The first-order valence-corrected chi connectivity index (χ1v) is 22.3. The summed E-state index contributed by atoms with van der Waals surface area (Å²) in [6.07, 6.45) is 1.82. The summed E-state index contributed by atoms with van der Waals surface area (Å²) in [5.41, 5.74) is 1.49. The number of fused-ring (bicyclic) bond motifs is 2. The highest BCUT2D eigenvalue weighted by Crippen LogP contribution is 2.66. The van der Waals surface area contributed by atoms with Crippen molar-refractivity contribution in [2.75, 3.05) is 53.3 Å². The fourth-order valence-electron chi connectivity index (χ4n) is 11.1. The van der Waals surface area contributed by atoms with Crippen molar-refractivity contribution in [1.29, 1.82) is 0 Å². The van der Waals surface area contributed by atoms with Gasteiger partial charge in [-0.15, -0.1) is 0 Å². The molecule has 4 saturated carbocycles. The standard InChI is InChI=1S/C48H72N6O8/c1-28-36-21-32(46(36,5)6)22-37(28)51-44(59)42-48(27-47(48,7)60)38(24-49-39(55)16-17-40(56)57)62-54(42)25-29-14-13-15-35(41(29)61-12)30-18-31(20-34(19-30)53(10)11)43(58)50-33(26-52(8)9)23-45(2,3)4/h13-15,18-20,28,32-33,36-38,42,60H,16-17,21-27H2,1-12H3,(H,49,55)(H,50,58)(H,51,59)(H,56,57)/t28-,32+,33-,36-,37-,38-,42+,47?,48+/m0/s1. The number of anilines is 1. The first kappa shape index (κ1) is 47.2. The summed E-state index contributed by atoms with van der Waals surface area (Å²) in [5.74, 6) is -0.0960. The van der Waals surface area contributed by atoms with Crippen molar-refractivity contribution in [2.24, 2.45) is 34.0 Å². The molecular formula is C48H72N6O8. The molecule has 5 aliphatic rings. The third kappa shape index (κ3) is 9.63. The number of amides is 3. The molecule has 3 amide bonds. The van der Waals surface area contributed by atoms with E-state index >= 15 is 0 Å². The fraction of sp³-hybridized carbons (Fsp3) is 0.667. The number of para-hydroxylation sites is 1. The van der Waals surface area contributed by atoms with Gasteiger partial charge in [0, 0.05) is 68.1 Å². The van der Waals surface area contributed by atoms with Gasteiger partial charge >= 0.3 is 5.97 Å². The molecule has 2 aromatic rings. The number of aliphatic hydroxyl groups is 1. The normalized spacial score (nSPS) is 29.1. The van der Waals surface area contributed by atoms with Crippen molar-refractivity contribution in [3.8, 4) is 16.9 Å². The molecule has 0 radical (unpaired) electrons. The molecule has 14 nitrogen and oxygen atoms in total. The van der Waals surface area contributed by atoms with Crippen LogP contribution >= 0.6 is 0 Å². The lowest BCUT2D eigenvalue weighted by molar-refractivity contribution is -0.177. The Bertz CT molecular complexity index is 2010. The van der Waals surface area contributed by atoms with Crippen LogP contribution in [0.2, 0.25) is 0 Å². The molecule has 1 spiro atoms. The maximum absolute atomic E-state index is 14.8. The number of carboxylic acid groups (broad SMARTS) is 1. The number of hydrogen-bond donors (Lipinski definition) is 5. The summed E-state index contributed by atoms with van der Waals surface area (Å²) in [6.45, 7) is 15.9. The fourth-order valence-corrected chi connectivity index (χ4v) is 11.1.